The van der Waals surface area contributed by atoms with Gasteiger partial charge in [0.15, 0.2) is 0 Å². The minimum absolute atomic E-state index is 0.0579. The van der Waals surface area contributed by atoms with Gasteiger partial charge < -0.3 is 10.6 Å². The molecule has 0 radical (unpaired) electrons. The zero-order chi connectivity index (χ0) is 14.4. The van der Waals surface area contributed by atoms with Crippen molar-refractivity contribution in [3.05, 3.63) is 24.3 Å². The molecule has 0 aromatic heterocycles. The predicted octanol–water partition coefficient (Wildman–Crippen LogP) is 4.42. The van der Waals surface area contributed by atoms with Gasteiger partial charge >= 0.3 is 0 Å². The van der Waals surface area contributed by atoms with Crippen molar-refractivity contribution >= 4 is 17.3 Å². The van der Waals surface area contributed by atoms with Gasteiger partial charge in [0.1, 0.15) is 0 Å². The Kier molecular flexibility index (Phi) is 5.45. The highest BCUT2D eigenvalue weighted by atomic mass is 16.1. The first kappa shape index (κ1) is 14.9. The summed E-state index contributed by atoms with van der Waals surface area (Å²) >= 11 is 0. The summed E-state index contributed by atoms with van der Waals surface area (Å²) in [6.45, 7) is 4.13. The van der Waals surface area contributed by atoms with Crippen LogP contribution in [0.4, 0.5) is 11.4 Å². The second-order valence-electron chi connectivity index (χ2n) is 5.81. The first-order valence-corrected chi connectivity index (χ1v) is 7.85. The van der Waals surface area contributed by atoms with Crippen molar-refractivity contribution in [1.29, 1.82) is 0 Å². The maximum absolute atomic E-state index is 11.4. The normalized spacial score (nSPS) is 17.5. The van der Waals surface area contributed by atoms with E-state index < -0.39 is 0 Å². The van der Waals surface area contributed by atoms with Gasteiger partial charge in [-0.2, -0.15) is 0 Å². The molecule has 1 aliphatic rings. The van der Waals surface area contributed by atoms with Crippen molar-refractivity contribution < 1.29 is 4.79 Å². The molecule has 3 nitrogen and oxygen atoms in total. The van der Waals surface area contributed by atoms with Crippen LogP contribution in [0.5, 0.6) is 0 Å². The fraction of sp³-hybridized carbons (Fsp3) is 0.588. The lowest BCUT2D eigenvalue weighted by Crippen LogP contribution is -2.27. The maximum atomic E-state index is 11.4. The van der Waals surface area contributed by atoms with Gasteiger partial charge in [-0.1, -0.05) is 32.3 Å². The summed E-state index contributed by atoms with van der Waals surface area (Å²) in [7, 11) is 0. The Balaban J connectivity index is 1.94. The molecular formula is C17H26N2O. The van der Waals surface area contributed by atoms with Crippen LogP contribution in [-0.4, -0.2) is 11.9 Å². The number of carbonyl (C=O) groups is 1. The summed E-state index contributed by atoms with van der Waals surface area (Å²) < 4.78 is 0. The van der Waals surface area contributed by atoms with Crippen LogP contribution in [0.15, 0.2) is 24.3 Å². The molecule has 1 aliphatic carbocycles. The van der Waals surface area contributed by atoms with Crippen molar-refractivity contribution in [2.24, 2.45) is 5.92 Å². The van der Waals surface area contributed by atoms with E-state index in [1.165, 1.54) is 32.1 Å². The summed E-state index contributed by atoms with van der Waals surface area (Å²) in [4.78, 5) is 11.4. The first-order valence-electron chi connectivity index (χ1n) is 7.85. The average molecular weight is 274 g/mol. The molecule has 1 unspecified atom stereocenters. The van der Waals surface area contributed by atoms with Crippen LogP contribution in [0.2, 0.25) is 0 Å². The highest BCUT2D eigenvalue weighted by Crippen LogP contribution is 2.28. The van der Waals surface area contributed by atoms with E-state index in [-0.39, 0.29) is 5.91 Å². The van der Waals surface area contributed by atoms with E-state index in [1.807, 2.05) is 25.1 Å². The number of carbonyl (C=O) groups excluding carboxylic acids is 1. The van der Waals surface area contributed by atoms with Gasteiger partial charge in [0.25, 0.3) is 0 Å². The summed E-state index contributed by atoms with van der Waals surface area (Å²) in [5.41, 5.74) is 1.97. The molecule has 3 heteroatoms. The Morgan fingerprint density at radius 2 is 1.95 bits per heavy atom. The van der Waals surface area contributed by atoms with Gasteiger partial charge in [-0.3, -0.25) is 4.79 Å². The van der Waals surface area contributed by atoms with E-state index in [0.717, 1.165) is 17.3 Å². The van der Waals surface area contributed by atoms with Crippen LogP contribution in [-0.2, 0) is 4.79 Å². The van der Waals surface area contributed by atoms with E-state index in [1.54, 1.807) is 0 Å². The van der Waals surface area contributed by atoms with Gasteiger partial charge in [-0.05, 0) is 43.9 Å². The van der Waals surface area contributed by atoms with E-state index in [0.29, 0.717) is 12.5 Å². The SMILES string of the molecule is CCC(=O)Nc1cccc(NC(C)C2CCCCC2)c1. The molecule has 0 saturated heterocycles. The molecule has 1 atom stereocenters. The van der Waals surface area contributed by atoms with Crippen molar-refractivity contribution in [3.8, 4) is 0 Å². The molecular weight excluding hydrogens is 248 g/mol. The van der Waals surface area contributed by atoms with Crippen LogP contribution in [0.1, 0.15) is 52.4 Å². The number of amides is 1. The van der Waals surface area contributed by atoms with Crippen LogP contribution in [0.3, 0.4) is 0 Å². The molecule has 0 aliphatic heterocycles. The molecule has 1 amide bonds. The zero-order valence-corrected chi connectivity index (χ0v) is 12.6. The van der Waals surface area contributed by atoms with Crippen LogP contribution < -0.4 is 10.6 Å². The van der Waals surface area contributed by atoms with Gasteiger partial charge in [0.2, 0.25) is 5.91 Å². The molecule has 2 N–H and O–H groups in total. The third-order valence-electron chi connectivity index (χ3n) is 4.22. The maximum Gasteiger partial charge on any atom is 0.224 e. The number of hydrogen-bond acceptors (Lipinski definition) is 2. The van der Waals surface area contributed by atoms with Crippen LogP contribution >= 0.6 is 0 Å². The summed E-state index contributed by atoms with van der Waals surface area (Å²) in [5, 5.41) is 6.50. The second kappa shape index (κ2) is 7.32. The Labute approximate surface area is 122 Å². The summed E-state index contributed by atoms with van der Waals surface area (Å²) in [6.07, 6.45) is 7.30. The van der Waals surface area contributed by atoms with E-state index in [9.17, 15) is 4.79 Å². The van der Waals surface area contributed by atoms with Gasteiger partial charge in [0.05, 0.1) is 0 Å². The predicted molar refractivity (Wildman–Crippen MR) is 85.0 cm³/mol. The molecule has 2 rings (SSSR count). The molecule has 0 spiro atoms. The van der Waals surface area contributed by atoms with E-state index >= 15 is 0 Å². The topological polar surface area (TPSA) is 41.1 Å². The monoisotopic (exact) mass is 274 g/mol. The van der Waals surface area contributed by atoms with Crippen LogP contribution in [0, 0.1) is 5.92 Å². The minimum atomic E-state index is 0.0579. The third-order valence-corrected chi connectivity index (χ3v) is 4.22. The number of nitrogens with one attached hydrogen (secondary N) is 2. The quantitative estimate of drug-likeness (QED) is 0.834. The second-order valence-corrected chi connectivity index (χ2v) is 5.81. The Morgan fingerprint density at radius 1 is 1.25 bits per heavy atom. The highest BCUT2D eigenvalue weighted by molar-refractivity contribution is 5.90. The average Bonchev–Trinajstić information content (AvgIpc) is 2.48. The summed E-state index contributed by atoms with van der Waals surface area (Å²) in [6, 6.07) is 8.51. The molecule has 20 heavy (non-hydrogen) atoms. The van der Waals surface area contributed by atoms with E-state index in [2.05, 4.69) is 23.6 Å². The smallest absolute Gasteiger partial charge is 0.224 e. The molecule has 110 valence electrons. The Hall–Kier alpha value is -1.51. The van der Waals surface area contributed by atoms with Gasteiger partial charge in [-0.25, -0.2) is 0 Å². The van der Waals surface area contributed by atoms with Crippen LogP contribution in [0.25, 0.3) is 0 Å². The number of rotatable bonds is 5. The number of anilines is 2. The number of hydrogen-bond donors (Lipinski definition) is 2. The lowest BCUT2D eigenvalue weighted by molar-refractivity contribution is -0.115. The highest BCUT2D eigenvalue weighted by Gasteiger charge is 2.19. The Morgan fingerprint density at radius 3 is 2.65 bits per heavy atom. The zero-order valence-electron chi connectivity index (χ0n) is 12.6. The molecule has 0 heterocycles. The van der Waals surface area contributed by atoms with E-state index in [4.69, 9.17) is 0 Å². The van der Waals surface area contributed by atoms with Crippen molar-refractivity contribution in [2.75, 3.05) is 10.6 Å². The van der Waals surface area contributed by atoms with Crippen molar-refractivity contribution in [1.82, 2.24) is 0 Å². The molecule has 1 fully saturated rings. The largest absolute Gasteiger partial charge is 0.382 e. The fourth-order valence-corrected chi connectivity index (χ4v) is 2.95. The fourth-order valence-electron chi connectivity index (χ4n) is 2.95. The standard InChI is InChI=1S/C17H26N2O/c1-3-17(20)19-16-11-7-10-15(12-16)18-13(2)14-8-5-4-6-9-14/h7,10-14,18H,3-6,8-9H2,1-2H3,(H,19,20). The van der Waals surface area contributed by atoms with Gasteiger partial charge in [0, 0.05) is 23.8 Å². The lowest BCUT2D eigenvalue weighted by atomic mass is 9.84. The Bertz CT molecular complexity index is 438. The van der Waals surface area contributed by atoms with Gasteiger partial charge in [-0.15, -0.1) is 0 Å². The first-order chi connectivity index (χ1) is 9.69. The minimum Gasteiger partial charge on any atom is -0.382 e. The third kappa shape index (κ3) is 4.26. The van der Waals surface area contributed by atoms with Crippen molar-refractivity contribution in [3.63, 3.8) is 0 Å². The summed E-state index contributed by atoms with van der Waals surface area (Å²) in [5.74, 6) is 0.833. The molecule has 0 bridgehead atoms. The lowest BCUT2D eigenvalue weighted by Gasteiger charge is -2.29. The van der Waals surface area contributed by atoms with Crippen molar-refractivity contribution in [2.45, 2.75) is 58.4 Å². The number of benzene rings is 1. The molecule has 1 aromatic rings. The molecule has 1 aromatic carbocycles. The molecule has 1 saturated carbocycles.